The second-order valence-corrected chi connectivity index (χ2v) is 8.45. The van der Waals surface area contributed by atoms with Gasteiger partial charge in [-0.1, -0.05) is 17.3 Å². The maximum Gasteiger partial charge on any atom is 0.258 e. The molecule has 0 spiro atoms. The molecule has 32 heavy (non-hydrogen) atoms. The minimum absolute atomic E-state index is 0.239. The molecule has 0 saturated heterocycles. The Morgan fingerprint density at radius 2 is 2.00 bits per heavy atom. The lowest BCUT2D eigenvalue weighted by atomic mass is 10.1. The molecule has 0 aliphatic heterocycles. The van der Waals surface area contributed by atoms with Crippen molar-refractivity contribution in [2.75, 3.05) is 19.5 Å². The van der Waals surface area contributed by atoms with Crippen LogP contribution in [0.25, 0.3) is 11.3 Å². The Bertz CT molecular complexity index is 1240. The van der Waals surface area contributed by atoms with E-state index in [-0.39, 0.29) is 5.91 Å². The number of hydrogen-bond donors (Lipinski definition) is 1. The predicted octanol–water partition coefficient (Wildman–Crippen LogP) is 5.06. The number of aryl methyl sites for hydroxylation is 1. The maximum atomic E-state index is 13.0. The first-order valence-corrected chi connectivity index (χ1v) is 11.4. The number of carbonyl (C=O) groups is 1. The topological polar surface area (TPSA) is 99.4 Å². The Labute approximate surface area is 193 Å². The van der Waals surface area contributed by atoms with Crippen LogP contribution in [-0.4, -0.2) is 35.3 Å². The third-order valence-corrected chi connectivity index (χ3v) is 6.28. The van der Waals surface area contributed by atoms with Gasteiger partial charge >= 0.3 is 0 Å². The van der Waals surface area contributed by atoms with E-state index < -0.39 is 0 Å². The van der Waals surface area contributed by atoms with Crippen molar-refractivity contribution in [2.45, 2.75) is 17.6 Å². The fourth-order valence-corrected chi connectivity index (χ4v) is 4.54. The number of methoxy groups -OCH3 is 2. The largest absolute Gasteiger partial charge is 0.497 e. The number of anilines is 1. The molecule has 0 saturated carbocycles. The summed E-state index contributed by atoms with van der Waals surface area (Å²) in [7, 11) is 3.20. The van der Waals surface area contributed by atoms with E-state index in [1.54, 1.807) is 33.3 Å². The smallest absolute Gasteiger partial charge is 0.258 e. The molecule has 0 fully saturated rings. The second kappa shape index (κ2) is 9.84. The molecule has 0 atom stereocenters. The molecule has 164 valence electrons. The minimum Gasteiger partial charge on any atom is -0.497 e. The van der Waals surface area contributed by atoms with Gasteiger partial charge in [-0.25, -0.2) is 4.98 Å². The minimum atomic E-state index is -0.239. The van der Waals surface area contributed by atoms with Gasteiger partial charge in [0.2, 0.25) is 5.89 Å². The van der Waals surface area contributed by atoms with Crippen LogP contribution in [0.1, 0.15) is 22.1 Å². The number of aromatic nitrogens is 3. The summed E-state index contributed by atoms with van der Waals surface area (Å²) in [4.78, 5) is 22.5. The summed E-state index contributed by atoms with van der Waals surface area (Å²) >= 11 is 2.81. The van der Waals surface area contributed by atoms with Crippen molar-refractivity contribution in [3.05, 3.63) is 65.1 Å². The Morgan fingerprint density at radius 3 is 2.75 bits per heavy atom. The summed E-state index contributed by atoms with van der Waals surface area (Å²) in [6, 6.07) is 12.9. The molecule has 4 rings (SSSR count). The van der Waals surface area contributed by atoms with Crippen molar-refractivity contribution in [1.82, 2.24) is 15.1 Å². The number of thiazole rings is 1. The molecule has 4 aromatic rings. The number of carbonyl (C=O) groups excluding carboxylic acids is 1. The van der Waals surface area contributed by atoms with Crippen LogP contribution in [0.4, 0.5) is 5.13 Å². The van der Waals surface area contributed by atoms with Crippen LogP contribution in [0.2, 0.25) is 0 Å². The van der Waals surface area contributed by atoms with Crippen LogP contribution in [-0.2, 0) is 5.75 Å². The van der Waals surface area contributed by atoms with Gasteiger partial charge in [-0.05, 0) is 31.2 Å². The Morgan fingerprint density at radius 1 is 1.16 bits per heavy atom. The molecule has 1 N–H and O–H groups in total. The van der Waals surface area contributed by atoms with Crippen LogP contribution < -0.4 is 14.8 Å². The lowest BCUT2D eigenvalue weighted by Crippen LogP contribution is -2.12. The summed E-state index contributed by atoms with van der Waals surface area (Å²) in [5, 5.41) is 9.05. The van der Waals surface area contributed by atoms with Gasteiger partial charge in [-0.3, -0.25) is 10.1 Å². The number of nitrogens with zero attached hydrogens (tertiary/aromatic N) is 3. The predicted molar refractivity (Wildman–Crippen MR) is 124 cm³/mol. The number of rotatable bonds is 8. The zero-order valence-corrected chi connectivity index (χ0v) is 19.3. The SMILES string of the molecule is COc1ccc(-c2csc(NC(=O)c3ccccc3SCc3nc(C)no3)n2)c(OC)c1. The van der Waals surface area contributed by atoms with E-state index in [4.69, 9.17) is 14.0 Å². The average Bonchev–Trinajstić information content (AvgIpc) is 3.46. The zero-order valence-electron chi connectivity index (χ0n) is 17.6. The van der Waals surface area contributed by atoms with Gasteiger partial charge in [0.1, 0.15) is 11.5 Å². The number of amides is 1. The van der Waals surface area contributed by atoms with Crippen LogP contribution >= 0.6 is 23.1 Å². The molecule has 10 heteroatoms. The van der Waals surface area contributed by atoms with E-state index in [0.717, 1.165) is 10.5 Å². The van der Waals surface area contributed by atoms with Gasteiger partial charge in [-0.15, -0.1) is 23.1 Å². The molecular formula is C22H20N4O4S2. The number of nitrogens with one attached hydrogen (secondary N) is 1. The van der Waals surface area contributed by atoms with E-state index >= 15 is 0 Å². The summed E-state index contributed by atoms with van der Waals surface area (Å²) in [6.07, 6.45) is 0. The summed E-state index contributed by atoms with van der Waals surface area (Å²) < 4.78 is 15.9. The Kier molecular flexibility index (Phi) is 6.72. The number of ether oxygens (including phenoxy) is 2. The number of hydrogen-bond acceptors (Lipinski definition) is 9. The molecule has 0 radical (unpaired) electrons. The molecule has 0 aliphatic rings. The molecule has 2 heterocycles. The van der Waals surface area contributed by atoms with Gasteiger partial charge in [0.25, 0.3) is 5.91 Å². The Balaban J connectivity index is 1.49. The fraction of sp³-hybridized carbons (Fsp3) is 0.182. The quantitative estimate of drug-likeness (QED) is 0.358. The van der Waals surface area contributed by atoms with Crippen molar-refractivity contribution < 1.29 is 18.8 Å². The van der Waals surface area contributed by atoms with E-state index in [9.17, 15) is 4.79 Å². The van der Waals surface area contributed by atoms with E-state index in [1.165, 1.54) is 23.1 Å². The van der Waals surface area contributed by atoms with Crippen molar-refractivity contribution in [1.29, 1.82) is 0 Å². The monoisotopic (exact) mass is 468 g/mol. The Hall–Kier alpha value is -3.37. The third kappa shape index (κ3) is 4.92. The first-order chi connectivity index (χ1) is 15.6. The lowest BCUT2D eigenvalue weighted by molar-refractivity contribution is 0.102. The summed E-state index contributed by atoms with van der Waals surface area (Å²) in [5.41, 5.74) is 2.07. The average molecular weight is 469 g/mol. The normalized spacial score (nSPS) is 10.7. The highest BCUT2D eigenvalue weighted by Crippen LogP contribution is 2.35. The van der Waals surface area contributed by atoms with Gasteiger partial charge in [-0.2, -0.15) is 4.98 Å². The maximum absolute atomic E-state index is 13.0. The molecule has 0 unspecified atom stereocenters. The standard InChI is InChI=1S/C22H20N4O4S2/c1-13-23-20(30-26-13)12-31-19-7-5-4-6-16(19)21(27)25-22-24-17(11-32-22)15-9-8-14(28-2)10-18(15)29-3/h4-11H,12H2,1-3H3,(H,24,25,27). The van der Waals surface area contributed by atoms with Crippen LogP contribution in [0.3, 0.4) is 0 Å². The van der Waals surface area contributed by atoms with Crippen LogP contribution in [0.15, 0.2) is 57.3 Å². The van der Waals surface area contributed by atoms with Crippen LogP contribution in [0, 0.1) is 6.92 Å². The van der Waals surface area contributed by atoms with Crippen molar-refractivity contribution >= 4 is 34.1 Å². The second-order valence-electron chi connectivity index (χ2n) is 6.58. The van der Waals surface area contributed by atoms with Crippen LogP contribution in [0.5, 0.6) is 11.5 Å². The third-order valence-electron chi connectivity index (χ3n) is 4.46. The fourth-order valence-electron chi connectivity index (χ4n) is 2.95. The van der Waals surface area contributed by atoms with Crippen molar-refractivity contribution in [3.63, 3.8) is 0 Å². The molecular weight excluding hydrogens is 448 g/mol. The molecule has 0 aliphatic carbocycles. The molecule has 2 aromatic heterocycles. The summed E-state index contributed by atoms with van der Waals surface area (Å²) in [6.45, 7) is 1.77. The summed E-state index contributed by atoms with van der Waals surface area (Å²) in [5.74, 6) is 2.67. The first kappa shape index (κ1) is 21.8. The molecule has 0 bridgehead atoms. The van der Waals surface area contributed by atoms with Crippen molar-refractivity contribution in [3.8, 4) is 22.8 Å². The number of thioether (sulfide) groups is 1. The van der Waals surface area contributed by atoms with Gasteiger partial charge in [0.15, 0.2) is 11.0 Å². The zero-order chi connectivity index (χ0) is 22.5. The number of benzene rings is 2. The van der Waals surface area contributed by atoms with Gasteiger partial charge in [0.05, 0.1) is 31.2 Å². The first-order valence-electron chi connectivity index (χ1n) is 9.57. The highest BCUT2D eigenvalue weighted by atomic mass is 32.2. The highest BCUT2D eigenvalue weighted by molar-refractivity contribution is 7.98. The highest BCUT2D eigenvalue weighted by Gasteiger charge is 2.16. The van der Waals surface area contributed by atoms with Gasteiger partial charge in [0, 0.05) is 21.9 Å². The molecule has 1 amide bonds. The molecule has 2 aromatic carbocycles. The van der Waals surface area contributed by atoms with E-state index in [0.29, 0.717) is 45.4 Å². The van der Waals surface area contributed by atoms with Crippen molar-refractivity contribution in [2.24, 2.45) is 0 Å². The van der Waals surface area contributed by atoms with E-state index in [2.05, 4.69) is 20.4 Å². The molecule has 8 nitrogen and oxygen atoms in total. The van der Waals surface area contributed by atoms with E-state index in [1.807, 2.05) is 35.7 Å². The van der Waals surface area contributed by atoms with Gasteiger partial charge < -0.3 is 14.0 Å². The lowest BCUT2D eigenvalue weighted by Gasteiger charge is -2.09.